The number of carbonyl (C=O) groups excluding carboxylic acids is 1. The quantitative estimate of drug-likeness (QED) is 0.837. The highest BCUT2D eigenvalue weighted by atomic mass is 16.1. The van der Waals surface area contributed by atoms with Gasteiger partial charge in [0.25, 0.3) is 0 Å². The smallest absolute Gasteiger partial charge is 0.193 e. The van der Waals surface area contributed by atoms with Crippen LogP contribution in [0.25, 0.3) is 0 Å². The lowest BCUT2D eigenvalue weighted by atomic mass is 9.94. The Balaban J connectivity index is 2.03. The van der Waals surface area contributed by atoms with Crippen molar-refractivity contribution in [3.8, 4) is 0 Å². The van der Waals surface area contributed by atoms with E-state index in [9.17, 15) is 4.79 Å². The van der Waals surface area contributed by atoms with Gasteiger partial charge >= 0.3 is 0 Å². The van der Waals surface area contributed by atoms with Gasteiger partial charge in [0.1, 0.15) is 0 Å². The molecule has 1 heterocycles. The van der Waals surface area contributed by atoms with Gasteiger partial charge in [-0.2, -0.15) is 0 Å². The Labute approximate surface area is 119 Å². The van der Waals surface area contributed by atoms with Gasteiger partial charge in [-0.05, 0) is 73.7 Å². The Morgan fingerprint density at radius 1 is 1.00 bits per heavy atom. The highest BCUT2D eigenvalue weighted by Crippen LogP contribution is 2.25. The largest absolute Gasteiger partial charge is 0.384 e. The number of hydrogen-bond acceptors (Lipinski definition) is 2. The van der Waals surface area contributed by atoms with E-state index in [0.717, 1.165) is 29.7 Å². The zero-order valence-corrected chi connectivity index (χ0v) is 12.2. The Morgan fingerprint density at radius 3 is 2.55 bits per heavy atom. The molecule has 2 aromatic carbocycles. The first-order chi connectivity index (χ1) is 9.56. The van der Waals surface area contributed by atoms with Crippen molar-refractivity contribution in [2.75, 3.05) is 11.9 Å². The summed E-state index contributed by atoms with van der Waals surface area (Å²) in [6, 6.07) is 10.1. The third kappa shape index (κ3) is 2.11. The molecule has 0 unspecified atom stereocenters. The molecule has 0 aliphatic carbocycles. The zero-order chi connectivity index (χ0) is 14.3. The van der Waals surface area contributed by atoms with Crippen LogP contribution < -0.4 is 5.32 Å². The van der Waals surface area contributed by atoms with Crippen LogP contribution in [0, 0.1) is 20.8 Å². The number of hydrogen-bond donors (Lipinski definition) is 1. The van der Waals surface area contributed by atoms with Crippen LogP contribution in [0.4, 0.5) is 5.69 Å². The van der Waals surface area contributed by atoms with Crippen LogP contribution in [0.15, 0.2) is 30.3 Å². The third-order valence-corrected chi connectivity index (χ3v) is 4.16. The van der Waals surface area contributed by atoms with E-state index in [4.69, 9.17) is 0 Å². The molecular weight excluding hydrogens is 246 g/mol. The van der Waals surface area contributed by atoms with Gasteiger partial charge in [-0.15, -0.1) is 0 Å². The van der Waals surface area contributed by atoms with Crippen molar-refractivity contribution in [1.82, 2.24) is 0 Å². The number of anilines is 1. The van der Waals surface area contributed by atoms with Crippen LogP contribution in [-0.2, 0) is 6.42 Å². The molecule has 20 heavy (non-hydrogen) atoms. The maximum absolute atomic E-state index is 12.7. The van der Waals surface area contributed by atoms with Gasteiger partial charge in [-0.25, -0.2) is 0 Å². The first kappa shape index (κ1) is 12.9. The van der Waals surface area contributed by atoms with E-state index in [2.05, 4.69) is 25.2 Å². The molecule has 0 bridgehead atoms. The summed E-state index contributed by atoms with van der Waals surface area (Å²) in [5.41, 5.74) is 7.48. The second kappa shape index (κ2) is 4.78. The summed E-state index contributed by atoms with van der Waals surface area (Å²) in [4.78, 5) is 12.7. The number of carbonyl (C=O) groups is 1. The van der Waals surface area contributed by atoms with Crippen LogP contribution in [0.2, 0.25) is 0 Å². The fourth-order valence-corrected chi connectivity index (χ4v) is 2.81. The number of rotatable bonds is 2. The molecule has 2 nitrogen and oxygen atoms in total. The predicted molar refractivity (Wildman–Crippen MR) is 82.7 cm³/mol. The molecule has 0 radical (unpaired) electrons. The van der Waals surface area contributed by atoms with E-state index in [0.29, 0.717) is 0 Å². The van der Waals surface area contributed by atoms with E-state index < -0.39 is 0 Å². The summed E-state index contributed by atoms with van der Waals surface area (Å²) in [7, 11) is 0. The summed E-state index contributed by atoms with van der Waals surface area (Å²) in [6.07, 6.45) is 1.00. The van der Waals surface area contributed by atoms with Gasteiger partial charge in [-0.3, -0.25) is 4.79 Å². The van der Waals surface area contributed by atoms with Gasteiger partial charge in [0.2, 0.25) is 0 Å². The molecule has 0 aromatic heterocycles. The number of benzene rings is 2. The Hall–Kier alpha value is -2.09. The second-order valence-electron chi connectivity index (χ2n) is 5.63. The van der Waals surface area contributed by atoms with Crippen LogP contribution in [-0.4, -0.2) is 12.3 Å². The summed E-state index contributed by atoms with van der Waals surface area (Å²) >= 11 is 0. The topological polar surface area (TPSA) is 29.1 Å². The Bertz CT molecular complexity index is 701. The van der Waals surface area contributed by atoms with E-state index in [1.165, 1.54) is 22.4 Å². The molecule has 0 spiro atoms. The maximum Gasteiger partial charge on any atom is 0.193 e. The van der Waals surface area contributed by atoms with Crippen molar-refractivity contribution in [2.45, 2.75) is 27.2 Å². The standard InChI is InChI=1S/C18H19NO/c1-11-8-13(3)16(9-12(11)2)18(20)15-4-5-17-14(10-15)6-7-19-17/h4-5,8-10,19H,6-7H2,1-3H3. The fourth-order valence-electron chi connectivity index (χ4n) is 2.81. The Kier molecular flexibility index (Phi) is 3.09. The molecule has 1 aliphatic rings. The molecular formula is C18H19NO. The van der Waals surface area contributed by atoms with Crippen LogP contribution in [0.3, 0.4) is 0 Å². The number of fused-ring (bicyclic) bond motifs is 1. The van der Waals surface area contributed by atoms with Crippen molar-refractivity contribution in [2.24, 2.45) is 0 Å². The van der Waals surface area contributed by atoms with Gasteiger partial charge in [0.15, 0.2) is 5.78 Å². The third-order valence-electron chi connectivity index (χ3n) is 4.16. The number of ketones is 1. The zero-order valence-electron chi connectivity index (χ0n) is 12.2. The molecule has 1 N–H and O–H groups in total. The molecule has 0 fully saturated rings. The second-order valence-corrected chi connectivity index (χ2v) is 5.63. The van der Waals surface area contributed by atoms with E-state index >= 15 is 0 Å². The molecule has 3 rings (SSSR count). The molecule has 2 heteroatoms. The minimum Gasteiger partial charge on any atom is -0.384 e. The van der Waals surface area contributed by atoms with Crippen molar-refractivity contribution >= 4 is 11.5 Å². The lowest BCUT2D eigenvalue weighted by Crippen LogP contribution is -2.05. The lowest BCUT2D eigenvalue weighted by Gasteiger charge is -2.10. The number of nitrogens with one attached hydrogen (secondary N) is 1. The minimum absolute atomic E-state index is 0.125. The molecule has 102 valence electrons. The van der Waals surface area contributed by atoms with Crippen LogP contribution in [0.5, 0.6) is 0 Å². The fraction of sp³-hybridized carbons (Fsp3) is 0.278. The normalized spacial score (nSPS) is 12.9. The summed E-state index contributed by atoms with van der Waals surface area (Å²) in [6.45, 7) is 7.11. The molecule has 1 aliphatic heterocycles. The Morgan fingerprint density at radius 2 is 1.75 bits per heavy atom. The van der Waals surface area contributed by atoms with Gasteiger partial charge in [0, 0.05) is 23.4 Å². The molecule has 0 saturated heterocycles. The van der Waals surface area contributed by atoms with Crippen molar-refractivity contribution < 1.29 is 4.79 Å². The lowest BCUT2D eigenvalue weighted by molar-refractivity contribution is 0.103. The summed E-state index contributed by atoms with van der Waals surface area (Å²) in [5.74, 6) is 0.125. The highest BCUT2D eigenvalue weighted by molar-refractivity contribution is 6.10. The monoisotopic (exact) mass is 265 g/mol. The van der Waals surface area contributed by atoms with Gasteiger partial charge < -0.3 is 5.32 Å². The molecule has 2 aromatic rings. The van der Waals surface area contributed by atoms with E-state index in [1.807, 2.05) is 31.2 Å². The highest BCUT2D eigenvalue weighted by Gasteiger charge is 2.16. The first-order valence-corrected chi connectivity index (χ1v) is 7.05. The van der Waals surface area contributed by atoms with Crippen molar-refractivity contribution in [3.63, 3.8) is 0 Å². The first-order valence-electron chi connectivity index (χ1n) is 7.05. The molecule has 0 amide bonds. The average Bonchev–Trinajstić information content (AvgIpc) is 2.89. The van der Waals surface area contributed by atoms with Crippen LogP contribution in [0.1, 0.15) is 38.2 Å². The summed E-state index contributed by atoms with van der Waals surface area (Å²) < 4.78 is 0. The predicted octanol–water partition coefficient (Wildman–Crippen LogP) is 3.81. The molecule has 0 saturated carbocycles. The summed E-state index contributed by atoms with van der Waals surface area (Å²) in [5, 5.41) is 3.32. The number of aryl methyl sites for hydroxylation is 3. The van der Waals surface area contributed by atoms with Crippen molar-refractivity contribution in [1.29, 1.82) is 0 Å². The maximum atomic E-state index is 12.7. The average molecular weight is 265 g/mol. The van der Waals surface area contributed by atoms with Gasteiger partial charge in [-0.1, -0.05) is 6.07 Å². The van der Waals surface area contributed by atoms with Crippen LogP contribution >= 0.6 is 0 Å². The van der Waals surface area contributed by atoms with E-state index in [-0.39, 0.29) is 5.78 Å². The van der Waals surface area contributed by atoms with Gasteiger partial charge in [0.05, 0.1) is 0 Å². The minimum atomic E-state index is 0.125. The van der Waals surface area contributed by atoms with E-state index in [1.54, 1.807) is 0 Å². The SMILES string of the molecule is Cc1cc(C)c(C(=O)c2ccc3c(c2)CCN3)cc1C. The van der Waals surface area contributed by atoms with Crippen molar-refractivity contribution in [3.05, 3.63) is 63.7 Å². The molecule has 0 atom stereocenters.